The summed E-state index contributed by atoms with van der Waals surface area (Å²) in [4.78, 5) is 36.7. The first kappa shape index (κ1) is 21.8. The molecule has 2 amide bonds. The lowest BCUT2D eigenvalue weighted by molar-refractivity contribution is -0.145. The molecule has 2 heterocycles. The summed E-state index contributed by atoms with van der Waals surface area (Å²) in [6.07, 6.45) is 1.42. The molecular formula is C21H22N2O8. The second kappa shape index (κ2) is 10.2. The van der Waals surface area contributed by atoms with Gasteiger partial charge in [0.25, 0.3) is 0 Å². The lowest BCUT2D eigenvalue weighted by Gasteiger charge is -2.27. The standard InChI is InChI=1S/C21H22N2O8/c1-3-28-20(25)18-15(22-21(26)23-19(18)16-5-4-10-29-16)11-31-17(24)12-30-14-8-6-13(27-2)7-9-14/h4-10,19H,3,11-12H2,1-2H3,(H2,22,23,26). The van der Waals surface area contributed by atoms with Gasteiger partial charge in [-0.1, -0.05) is 0 Å². The van der Waals surface area contributed by atoms with E-state index in [2.05, 4.69) is 10.6 Å². The van der Waals surface area contributed by atoms with Crippen LogP contribution < -0.4 is 20.1 Å². The molecule has 0 bridgehead atoms. The van der Waals surface area contributed by atoms with Gasteiger partial charge in [0, 0.05) is 0 Å². The number of methoxy groups -OCH3 is 1. The number of carbonyl (C=O) groups excluding carboxylic acids is 3. The maximum absolute atomic E-state index is 12.5. The van der Waals surface area contributed by atoms with Gasteiger partial charge in [-0.2, -0.15) is 0 Å². The van der Waals surface area contributed by atoms with Crippen LogP contribution in [0.15, 0.2) is 58.3 Å². The van der Waals surface area contributed by atoms with Gasteiger partial charge in [0.15, 0.2) is 6.61 Å². The molecule has 0 spiro atoms. The third-order valence-corrected chi connectivity index (χ3v) is 4.27. The molecule has 0 saturated heterocycles. The Kier molecular flexibility index (Phi) is 7.15. The quantitative estimate of drug-likeness (QED) is 0.579. The first-order chi connectivity index (χ1) is 15.0. The van der Waals surface area contributed by atoms with Crippen LogP contribution in [0.2, 0.25) is 0 Å². The molecule has 1 aliphatic heterocycles. The van der Waals surface area contributed by atoms with Crippen LogP contribution in [-0.4, -0.2) is 44.9 Å². The number of benzene rings is 1. The molecule has 0 aliphatic carbocycles. The van der Waals surface area contributed by atoms with Gasteiger partial charge < -0.3 is 34.0 Å². The van der Waals surface area contributed by atoms with Crippen molar-refractivity contribution in [2.45, 2.75) is 13.0 Å². The molecule has 2 aromatic rings. The summed E-state index contributed by atoms with van der Waals surface area (Å²) in [5.41, 5.74) is 0.182. The highest BCUT2D eigenvalue weighted by Crippen LogP contribution is 2.28. The Morgan fingerprint density at radius 2 is 1.84 bits per heavy atom. The molecule has 10 heteroatoms. The maximum Gasteiger partial charge on any atom is 0.344 e. The average Bonchev–Trinajstić information content (AvgIpc) is 3.31. The smallest absolute Gasteiger partial charge is 0.344 e. The molecule has 0 radical (unpaired) electrons. The van der Waals surface area contributed by atoms with Crippen LogP contribution >= 0.6 is 0 Å². The van der Waals surface area contributed by atoms with Crippen molar-refractivity contribution in [1.29, 1.82) is 0 Å². The molecule has 1 aliphatic rings. The monoisotopic (exact) mass is 430 g/mol. The number of amides is 2. The van der Waals surface area contributed by atoms with Crippen molar-refractivity contribution in [2.75, 3.05) is 26.9 Å². The second-order valence-electron chi connectivity index (χ2n) is 6.28. The number of furan rings is 1. The van der Waals surface area contributed by atoms with E-state index in [0.717, 1.165) is 0 Å². The Morgan fingerprint density at radius 1 is 1.10 bits per heavy atom. The fraction of sp³-hybridized carbons (Fsp3) is 0.286. The first-order valence-corrected chi connectivity index (χ1v) is 9.45. The van der Waals surface area contributed by atoms with Crippen molar-refractivity contribution < 1.29 is 37.7 Å². The van der Waals surface area contributed by atoms with E-state index < -0.39 is 24.0 Å². The van der Waals surface area contributed by atoms with E-state index in [9.17, 15) is 14.4 Å². The fourth-order valence-electron chi connectivity index (χ4n) is 2.86. The summed E-state index contributed by atoms with van der Waals surface area (Å²) in [5, 5.41) is 5.10. The Labute approximate surface area is 178 Å². The Balaban J connectivity index is 1.69. The molecule has 1 unspecified atom stereocenters. The minimum Gasteiger partial charge on any atom is -0.497 e. The normalized spacial score (nSPS) is 15.5. The lowest BCUT2D eigenvalue weighted by atomic mass is 10.0. The van der Waals surface area contributed by atoms with E-state index in [1.807, 2.05) is 0 Å². The second-order valence-corrected chi connectivity index (χ2v) is 6.28. The van der Waals surface area contributed by atoms with Crippen LogP contribution in [0.4, 0.5) is 4.79 Å². The number of urea groups is 1. The summed E-state index contributed by atoms with van der Waals surface area (Å²) in [6, 6.07) is 8.46. The number of ether oxygens (including phenoxy) is 4. The molecule has 164 valence electrons. The zero-order chi connectivity index (χ0) is 22.2. The molecule has 1 aromatic carbocycles. The Bertz CT molecular complexity index is 950. The van der Waals surface area contributed by atoms with Crippen LogP contribution in [0, 0.1) is 0 Å². The summed E-state index contributed by atoms with van der Waals surface area (Å²) in [5.74, 6) is 0.0914. The highest BCUT2D eigenvalue weighted by Gasteiger charge is 2.35. The highest BCUT2D eigenvalue weighted by molar-refractivity contribution is 5.95. The van der Waals surface area contributed by atoms with Crippen LogP contribution in [-0.2, 0) is 19.1 Å². The topological polar surface area (TPSA) is 125 Å². The number of esters is 2. The number of carbonyl (C=O) groups is 3. The Hall–Kier alpha value is -3.95. The van der Waals surface area contributed by atoms with Gasteiger partial charge in [0.05, 0.1) is 31.2 Å². The zero-order valence-corrected chi connectivity index (χ0v) is 17.0. The molecule has 1 aromatic heterocycles. The van der Waals surface area contributed by atoms with Gasteiger partial charge >= 0.3 is 18.0 Å². The van der Waals surface area contributed by atoms with Gasteiger partial charge in [-0.25, -0.2) is 14.4 Å². The Morgan fingerprint density at radius 3 is 2.48 bits per heavy atom. The summed E-state index contributed by atoms with van der Waals surface area (Å²) < 4.78 is 26.1. The molecule has 1 atom stereocenters. The van der Waals surface area contributed by atoms with E-state index >= 15 is 0 Å². The van der Waals surface area contributed by atoms with Crippen molar-refractivity contribution in [3.05, 3.63) is 59.7 Å². The lowest BCUT2D eigenvalue weighted by Crippen LogP contribution is -2.47. The van der Waals surface area contributed by atoms with Crippen molar-refractivity contribution in [3.8, 4) is 11.5 Å². The van der Waals surface area contributed by atoms with Gasteiger partial charge in [-0.15, -0.1) is 0 Å². The fourth-order valence-corrected chi connectivity index (χ4v) is 2.86. The van der Waals surface area contributed by atoms with Gasteiger partial charge in [-0.05, 0) is 43.3 Å². The first-order valence-electron chi connectivity index (χ1n) is 9.45. The summed E-state index contributed by atoms with van der Waals surface area (Å²) in [6.45, 7) is 1.07. The molecule has 31 heavy (non-hydrogen) atoms. The predicted octanol–water partition coefficient (Wildman–Crippen LogP) is 2.08. The van der Waals surface area contributed by atoms with Crippen molar-refractivity contribution in [1.82, 2.24) is 10.6 Å². The average molecular weight is 430 g/mol. The van der Waals surface area contributed by atoms with Crippen molar-refractivity contribution in [2.24, 2.45) is 0 Å². The van der Waals surface area contributed by atoms with E-state index in [1.165, 1.54) is 6.26 Å². The number of hydrogen-bond acceptors (Lipinski definition) is 8. The SMILES string of the molecule is CCOC(=O)C1=C(COC(=O)COc2ccc(OC)cc2)NC(=O)NC1c1ccco1. The number of hydrogen-bond donors (Lipinski definition) is 2. The molecule has 2 N–H and O–H groups in total. The predicted molar refractivity (Wildman–Crippen MR) is 106 cm³/mol. The van der Waals surface area contributed by atoms with Gasteiger partial charge in [-0.3, -0.25) is 0 Å². The number of nitrogens with one attached hydrogen (secondary N) is 2. The third-order valence-electron chi connectivity index (χ3n) is 4.27. The molecule has 0 saturated carbocycles. The van der Waals surface area contributed by atoms with Crippen LogP contribution in [0.25, 0.3) is 0 Å². The number of rotatable bonds is 9. The van der Waals surface area contributed by atoms with Crippen molar-refractivity contribution >= 4 is 18.0 Å². The van der Waals surface area contributed by atoms with Crippen molar-refractivity contribution in [3.63, 3.8) is 0 Å². The van der Waals surface area contributed by atoms with E-state index in [1.54, 1.807) is 50.4 Å². The zero-order valence-electron chi connectivity index (χ0n) is 17.0. The highest BCUT2D eigenvalue weighted by atomic mass is 16.6. The third kappa shape index (κ3) is 5.56. The van der Waals surface area contributed by atoms with Crippen LogP contribution in [0.3, 0.4) is 0 Å². The molecule has 0 fully saturated rings. The summed E-state index contributed by atoms with van der Waals surface area (Å²) >= 11 is 0. The minimum atomic E-state index is -0.882. The minimum absolute atomic E-state index is 0.0836. The van der Waals surface area contributed by atoms with E-state index in [4.69, 9.17) is 23.4 Å². The van der Waals surface area contributed by atoms with Gasteiger partial charge in [0.2, 0.25) is 0 Å². The molecular weight excluding hydrogens is 408 g/mol. The van der Waals surface area contributed by atoms with Crippen LogP contribution in [0.1, 0.15) is 18.7 Å². The van der Waals surface area contributed by atoms with E-state index in [0.29, 0.717) is 17.3 Å². The largest absolute Gasteiger partial charge is 0.497 e. The van der Waals surface area contributed by atoms with Crippen LogP contribution in [0.5, 0.6) is 11.5 Å². The maximum atomic E-state index is 12.5. The van der Waals surface area contributed by atoms with Gasteiger partial charge in [0.1, 0.15) is 29.9 Å². The van der Waals surface area contributed by atoms with E-state index in [-0.39, 0.29) is 31.1 Å². The molecule has 3 rings (SSSR count). The molecule has 10 nitrogen and oxygen atoms in total. The summed E-state index contributed by atoms with van der Waals surface area (Å²) in [7, 11) is 1.54.